The molecule has 286 valence electrons. The predicted octanol–water partition coefficient (Wildman–Crippen LogP) is 12.9. The Labute approximate surface area is 314 Å². The fourth-order valence-corrected chi connectivity index (χ4v) is 7.12. The lowest BCUT2D eigenvalue weighted by atomic mass is 9.94. The largest absolute Gasteiger partial charge is 0.494 e. The Morgan fingerprint density at radius 1 is 0.686 bits per heavy atom. The van der Waals surface area contributed by atoms with Gasteiger partial charge in [-0.1, -0.05) is 146 Å². The number of carbonyl (C=O) groups is 2. The average Bonchev–Trinajstić information content (AvgIpc) is 3.14. The molecule has 0 saturated carbocycles. The SMILES string of the molecule is CCCCCCCCCCCC(=O)OC[C@H]1OC(c2ccc(Cl)c(-c3ccc(OCC)cc3)c2)CC[C@H]1OC(=O)CCCCCCCCCCC. The Hall–Kier alpha value is -2.57. The summed E-state index contributed by atoms with van der Waals surface area (Å²) in [7, 11) is 0. The van der Waals surface area contributed by atoms with E-state index in [1.165, 1.54) is 77.0 Å². The zero-order valence-corrected chi connectivity index (χ0v) is 32.8. The lowest BCUT2D eigenvalue weighted by molar-refractivity contribution is -0.184. The van der Waals surface area contributed by atoms with E-state index in [9.17, 15) is 9.59 Å². The van der Waals surface area contributed by atoms with E-state index in [-0.39, 0.29) is 24.6 Å². The molecule has 0 aromatic heterocycles. The molecule has 0 aliphatic carbocycles. The van der Waals surface area contributed by atoms with Crippen LogP contribution in [0.15, 0.2) is 42.5 Å². The molecule has 2 aromatic rings. The molecule has 0 amide bonds. The molecule has 1 saturated heterocycles. The maximum Gasteiger partial charge on any atom is 0.306 e. The Morgan fingerprint density at radius 3 is 1.80 bits per heavy atom. The van der Waals surface area contributed by atoms with E-state index in [2.05, 4.69) is 19.9 Å². The molecule has 7 heteroatoms. The number of hydrogen-bond donors (Lipinski definition) is 0. The summed E-state index contributed by atoms with van der Waals surface area (Å²) in [6.07, 6.45) is 22.4. The highest BCUT2D eigenvalue weighted by atomic mass is 35.5. The van der Waals surface area contributed by atoms with Crippen molar-refractivity contribution in [1.82, 2.24) is 0 Å². The van der Waals surface area contributed by atoms with E-state index in [1.807, 2.05) is 43.3 Å². The molecule has 3 rings (SSSR count). The third-order valence-corrected chi connectivity index (χ3v) is 10.3. The van der Waals surface area contributed by atoms with Crippen LogP contribution >= 0.6 is 11.6 Å². The van der Waals surface area contributed by atoms with E-state index in [0.29, 0.717) is 37.3 Å². The fraction of sp³-hybridized carbons (Fsp3) is 0.682. The van der Waals surface area contributed by atoms with Gasteiger partial charge in [0.2, 0.25) is 0 Å². The van der Waals surface area contributed by atoms with Crippen LogP contribution in [0.3, 0.4) is 0 Å². The number of esters is 2. The summed E-state index contributed by atoms with van der Waals surface area (Å²) in [6.45, 7) is 7.13. The fourth-order valence-electron chi connectivity index (χ4n) is 6.89. The van der Waals surface area contributed by atoms with Gasteiger partial charge in [-0.15, -0.1) is 0 Å². The molecule has 1 unspecified atom stereocenters. The topological polar surface area (TPSA) is 71.1 Å². The van der Waals surface area contributed by atoms with Crippen LogP contribution in [0.1, 0.15) is 174 Å². The first-order valence-corrected chi connectivity index (χ1v) is 20.9. The summed E-state index contributed by atoms with van der Waals surface area (Å²) in [5, 5.41) is 0.656. The van der Waals surface area contributed by atoms with E-state index in [4.69, 9.17) is 30.5 Å². The molecule has 1 aliphatic rings. The molecule has 3 atom stereocenters. The Kier molecular flexibility index (Phi) is 22.0. The minimum atomic E-state index is -0.535. The summed E-state index contributed by atoms with van der Waals surface area (Å²) in [6, 6.07) is 13.9. The van der Waals surface area contributed by atoms with Gasteiger partial charge in [0.1, 0.15) is 24.6 Å². The molecule has 1 heterocycles. The molecular weight excluding hydrogens is 660 g/mol. The maximum absolute atomic E-state index is 12.9. The van der Waals surface area contributed by atoms with Crippen LogP contribution in [0.25, 0.3) is 11.1 Å². The van der Waals surface area contributed by atoms with Crippen LogP contribution in [-0.2, 0) is 23.8 Å². The number of rotatable bonds is 27. The van der Waals surface area contributed by atoms with Crippen molar-refractivity contribution in [1.29, 1.82) is 0 Å². The smallest absolute Gasteiger partial charge is 0.306 e. The van der Waals surface area contributed by atoms with Crippen molar-refractivity contribution < 1.29 is 28.5 Å². The van der Waals surface area contributed by atoms with Crippen LogP contribution in [0.5, 0.6) is 5.75 Å². The van der Waals surface area contributed by atoms with Crippen molar-refractivity contribution in [2.24, 2.45) is 0 Å². The molecule has 6 nitrogen and oxygen atoms in total. The maximum atomic E-state index is 12.9. The molecule has 0 radical (unpaired) electrons. The lowest BCUT2D eigenvalue weighted by Crippen LogP contribution is -2.42. The summed E-state index contributed by atoms with van der Waals surface area (Å²) in [4.78, 5) is 25.7. The number of unbranched alkanes of at least 4 members (excludes halogenated alkanes) is 16. The standard InChI is InChI=1S/C44H67ClO6/c1-4-7-9-11-13-15-17-19-21-23-43(46)49-34-42-41(51-44(47)24-22-20-18-16-14-12-10-8-5-2)32-31-40(50-42)36-27-30-39(45)38(33-36)35-25-28-37(29-26-35)48-6-3/h25-30,33,40-42H,4-24,31-32,34H2,1-3H3/t40?,41-,42-/m1/s1. The van der Waals surface area contributed by atoms with Gasteiger partial charge in [-0.05, 0) is 68.0 Å². The zero-order valence-electron chi connectivity index (χ0n) is 32.1. The highest BCUT2D eigenvalue weighted by molar-refractivity contribution is 6.33. The summed E-state index contributed by atoms with van der Waals surface area (Å²) >= 11 is 6.67. The molecule has 1 aliphatic heterocycles. The van der Waals surface area contributed by atoms with Crippen LogP contribution in [-0.4, -0.2) is 37.4 Å². The molecule has 1 fully saturated rings. The van der Waals surface area contributed by atoms with E-state index in [0.717, 1.165) is 61.0 Å². The Bertz CT molecular complexity index is 1230. The molecule has 51 heavy (non-hydrogen) atoms. The Balaban J connectivity index is 1.55. The second kappa shape index (κ2) is 26.2. The number of ether oxygens (including phenoxy) is 4. The first kappa shape index (κ1) is 42.8. The van der Waals surface area contributed by atoms with Crippen molar-refractivity contribution in [3.8, 4) is 16.9 Å². The van der Waals surface area contributed by atoms with Gasteiger partial charge in [-0.25, -0.2) is 0 Å². The van der Waals surface area contributed by atoms with E-state index < -0.39 is 12.2 Å². The van der Waals surface area contributed by atoms with Crippen molar-refractivity contribution in [2.75, 3.05) is 13.2 Å². The molecule has 0 bridgehead atoms. The lowest BCUT2D eigenvalue weighted by Gasteiger charge is -2.36. The van der Waals surface area contributed by atoms with Gasteiger partial charge >= 0.3 is 11.9 Å². The highest BCUT2D eigenvalue weighted by Crippen LogP contribution is 2.37. The minimum Gasteiger partial charge on any atom is -0.494 e. The summed E-state index contributed by atoms with van der Waals surface area (Å²) < 4.78 is 24.0. The monoisotopic (exact) mass is 726 g/mol. The zero-order chi connectivity index (χ0) is 36.5. The second-order valence-corrected chi connectivity index (χ2v) is 14.7. The van der Waals surface area contributed by atoms with Gasteiger partial charge in [0.25, 0.3) is 0 Å². The first-order chi connectivity index (χ1) is 24.9. The van der Waals surface area contributed by atoms with Gasteiger partial charge in [-0.3, -0.25) is 9.59 Å². The Morgan fingerprint density at radius 2 is 1.24 bits per heavy atom. The van der Waals surface area contributed by atoms with E-state index >= 15 is 0 Å². The highest BCUT2D eigenvalue weighted by Gasteiger charge is 2.35. The summed E-state index contributed by atoms with van der Waals surface area (Å²) in [5.74, 6) is 0.408. The molecule has 0 spiro atoms. The number of benzene rings is 2. The van der Waals surface area contributed by atoms with Crippen molar-refractivity contribution in [3.63, 3.8) is 0 Å². The quantitative estimate of drug-likeness (QED) is 0.0674. The molecule has 0 N–H and O–H groups in total. The average molecular weight is 727 g/mol. The minimum absolute atomic E-state index is 0.0715. The van der Waals surface area contributed by atoms with E-state index in [1.54, 1.807) is 0 Å². The van der Waals surface area contributed by atoms with Crippen LogP contribution in [0.4, 0.5) is 0 Å². The van der Waals surface area contributed by atoms with Gasteiger partial charge in [0, 0.05) is 23.4 Å². The van der Waals surface area contributed by atoms with Gasteiger partial charge in [-0.2, -0.15) is 0 Å². The van der Waals surface area contributed by atoms with Crippen LogP contribution < -0.4 is 4.74 Å². The summed E-state index contributed by atoms with van der Waals surface area (Å²) in [5.41, 5.74) is 2.90. The van der Waals surface area contributed by atoms with Gasteiger partial charge < -0.3 is 18.9 Å². The number of hydrogen-bond acceptors (Lipinski definition) is 6. The van der Waals surface area contributed by atoms with Gasteiger partial charge in [0.15, 0.2) is 0 Å². The van der Waals surface area contributed by atoms with Crippen LogP contribution in [0, 0.1) is 0 Å². The van der Waals surface area contributed by atoms with Gasteiger partial charge in [0.05, 0.1) is 12.7 Å². The predicted molar refractivity (Wildman–Crippen MR) is 209 cm³/mol. The number of halogens is 1. The van der Waals surface area contributed by atoms with Crippen LogP contribution in [0.2, 0.25) is 5.02 Å². The van der Waals surface area contributed by atoms with Crippen molar-refractivity contribution in [2.45, 2.75) is 180 Å². The number of carbonyl (C=O) groups excluding carboxylic acids is 2. The molecule has 2 aromatic carbocycles. The van der Waals surface area contributed by atoms with Crippen molar-refractivity contribution in [3.05, 3.63) is 53.1 Å². The normalized spacial score (nSPS) is 17.3. The second-order valence-electron chi connectivity index (χ2n) is 14.3. The molecular formula is C44H67ClO6. The third kappa shape index (κ3) is 17.2. The van der Waals surface area contributed by atoms with Crippen molar-refractivity contribution >= 4 is 23.5 Å². The third-order valence-electron chi connectivity index (χ3n) is 9.97. The first-order valence-electron chi connectivity index (χ1n) is 20.5.